The number of nitrogens with one attached hydrogen (secondary N) is 1. The summed E-state index contributed by atoms with van der Waals surface area (Å²) in [6, 6.07) is 11.8. The van der Waals surface area contributed by atoms with Crippen LogP contribution in [-0.4, -0.2) is 60.1 Å². The van der Waals surface area contributed by atoms with Gasteiger partial charge in [0.25, 0.3) is 15.9 Å². The van der Waals surface area contributed by atoms with E-state index in [1.54, 1.807) is 12.1 Å². The molecule has 4 bridgehead atoms. The van der Waals surface area contributed by atoms with Crippen LogP contribution in [0.3, 0.4) is 0 Å². The third-order valence-electron chi connectivity index (χ3n) is 8.15. The standard InChI is InChI=1S/C33H42N4O5S/c1-19(2)14-26-18-41-31-23(7)30(29-21(5)10-8-11-22(29)6)34-33(35-31)36-43(39,40)28-13-9-12-24(15-28)32(38)37(26)25-16-27(17-25)42-20(3)4/h8-13,15,19-20,25-27H,14,16-18H2,1-7H3,(H,34,35,36)/t25-,26-,27+/m1/s1. The van der Waals surface area contributed by atoms with Crippen LogP contribution in [-0.2, 0) is 14.8 Å². The Morgan fingerprint density at radius 2 is 1.70 bits per heavy atom. The first-order valence-electron chi connectivity index (χ1n) is 15.0. The lowest BCUT2D eigenvalue weighted by atomic mass is 9.85. The van der Waals surface area contributed by atoms with Crippen molar-refractivity contribution in [3.63, 3.8) is 0 Å². The normalized spacial score (nSPS) is 21.7. The average Bonchev–Trinajstić information content (AvgIpc) is 2.91. The molecule has 10 heteroatoms. The number of sulfonamides is 1. The molecule has 3 aromatic rings. The lowest BCUT2D eigenvalue weighted by Gasteiger charge is -2.47. The Bertz CT molecular complexity index is 1600. The highest BCUT2D eigenvalue weighted by Crippen LogP contribution is 2.36. The summed E-state index contributed by atoms with van der Waals surface area (Å²) >= 11 is 0. The van der Waals surface area contributed by atoms with Crippen LogP contribution in [0.1, 0.15) is 74.0 Å². The minimum absolute atomic E-state index is 0.0344. The molecule has 1 aromatic heterocycles. The van der Waals surface area contributed by atoms with Gasteiger partial charge in [-0.15, -0.1) is 0 Å². The molecule has 230 valence electrons. The fraction of sp³-hybridized carbons (Fsp3) is 0.485. The molecule has 0 unspecified atom stereocenters. The molecular formula is C33H42N4O5S. The molecule has 1 atom stereocenters. The van der Waals surface area contributed by atoms with E-state index >= 15 is 0 Å². The first kappa shape index (κ1) is 30.9. The monoisotopic (exact) mass is 606 g/mol. The van der Waals surface area contributed by atoms with E-state index in [0.717, 1.165) is 16.7 Å². The van der Waals surface area contributed by atoms with Crippen LogP contribution in [0.5, 0.6) is 5.88 Å². The number of nitrogens with zero attached hydrogens (tertiary/aromatic N) is 3. The topological polar surface area (TPSA) is 111 Å². The maximum Gasteiger partial charge on any atom is 0.264 e. The number of aryl methyl sites for hydroxylation is 2. The van der Waals surface area contributed by atoms with E-state index in [0.29, 0.717) is 36.1 Å². The number of carbonyl (C=O) groups is 1. The Labute approximate surface area is 255 Å². The number of rotatable bonds is 6. The Morgan fingerprint density at radius 3 is 2.35 bits per heavy atom. The smallest absolute Gasteiger partial charge is 0.264 e. The number of benzene rings is 2. The van der Waals surface area contributed by atoms with Gasteiger partial charge in [-0.3, -0.25) is 4.79 Å². The fourth-order valence-electron chi connectivity index (χ4n) is 6.11. The molecule has 0 spiro atoms. The van der Waals surface area contributed by atoms with Crippen molar-refractivity contribution in [1.82, 2.24) is 14.9 Å². The van der Waals surface area contributed by atoms with E-state index in [2.05, 4.69) is 28.5 Å². The van der Waals surface area contributed by atoms with Crippen molar-refractivity contribution in [2.75, 3.05) is 11.3 Å². The number of anilines is 1. The summed E-state index contributed by atoms with van der Waals surface area (Å²) in [5.41, 5.74) is 4.52. The third kappa shape index (κ3) is 6.55. The molecule has 9 nitrogen and oxygen atoms in total. The number of ether oxygens (including phenoxy) is 2. The van der Waals surface area contributed by atoms with Gasteiger partial charge in [-0.1, -0.05) is 38.1 Å². The minimum Gasteiger partial charge on any atom is -0.475 e. The molecule has 43 heavy (non-hydrogen) atoms. The van der Waals surface area contributed by atoms with E-state index in [1.165, 1.54) is 12.1 Å². The molecule has 2 heterocycles. The zero-order valence-corrected chi connectivity index (χ0v) is 26.9. The summed E-state index contributed by atoms with van der Waals surface area (Å²) in [7, 11) is -4.12. The van der Waals surface area contributed by atoms with Crippen molar-refractivity contribution < 1.29 is 22.7 Å². The van der Waals surface area contributed by atoms with Gasteiger partial charge in [-0.05, 0) is 89.1 Å². The lowest BCUT2D eigenvalue weighted by Crippen LogP contribution is -2.56. The molecule has 1 amide bonds. The second-order valence-corrected chi connectivity index (χ2v) is 14.1. The van der Waals surface area contributed by atoms with Crippen LogP contribution in [0, 0.1) is 26.7 Å². The van der Waals surface area contributed by atoms with Crippen molar-refractivity contribution in [3.8, 4) is 17.1 Å². The summed E-state index contributed by atoms with van der Waals surface area (Å²) in [6.45, 7) is 14.4. The van der Waals surface area contributed by atoms with Crippen LogP contribution < -0.4 is 9.46 Å². The number of aromatic nitrogens is 2. The Balaban J connectivity index is 1.65. The predicted octanol–water partition coefficient (Wildman–Crippen LogP) is 6.07. The fourth-order valence-corrected chi connectivity index (χ4v) is 7.10. The summed E-state index contributed by atoms with van der Waals surface area (Å²) in [6.07, 6.45) is 2.30. The maximum atomic E-state index is 14.2. The second kappa shape index (κ2) is 12.2. The molecule has 1 fully saturated rings. The zero-order chi connectivity index (χ0) is 31.1. The summed E-state index contributed by atoms with van der Waals surface area (Å²) in [5.74, 6) is 0.263. The van der Waals surface area contributed by atoms with E-state index < -0.39 is 10.0 Å². The molecule has 1 aliphatic carbocycles. The second-order valence-electron chi connectivity index (χ2n) is 12.5. The quantitative estimate of drug-likeness (QED) is 0.362. The first-order chi connectivity index (χ1) is 20.3. The number of hydrogen-bond donors (Lipinski definition) is 1. The molecule has 5 rings (SSSR count). The summed E-state index contributed by atoms with van der Waals surface area (Å²) in [4.78, 5) is 25.3. The minimum atomic E-state index is -4.12. The van der Waals surface area contributed by atoms with Crippen molar-refractivity contribution in [2.24, 2.45) is 5.92 Å². The zero-order valence-electron chi connectivity index (χ0n) is 26.0. The molecule has 2 aliphatic rings. The van der Waals surface area contributed by atoms with E-state index in [-0.39, 0.29) is 59.4 Å². The van der Waals surface area contributed by atoms with E-state index in [9.17, 15) is 13.2 Å². The van der Waals surface area contributed by atoms with Crippen LogP contribution >= 0.6 is 0 Å². The van der Waals surface area contributed by atoms with Gasteiger partial charge in [0.05, 0.1) is 28.8 Å². The van der Waals surface area contributed by atoms with E-state index in [1.807, 2.05) is 57.7 Å². The van der Waals surface area contributed by atoms with Gasteiger partial charge in [0.2, 0.25) is 11.8 Å². The predicted molar refractivity (Wildman–Crippen MR) is 167 cm³/mol. The van der Waals surface area contributed by atoms with Crippen molar-refractivity contribution >= 4 is 21.9 Å². The van der Waals surface area contributed by atoms with Crippen molar-refractivity contribution in [3.05, 3.63) is 64.7 Å². The molecule has 0 radical (unpaired) electrons. The van der Waals surface area contributed by atoms with Crippen LogP contribution in [0.25, 0.3) is 11.3 Å². The Hall–Kier alpha value is -3.50. The van der Waals surface area contributed by atoms with Gasteiger partial charge in [0.15, 0.2) is 0 Å². The van der Waals surface area contributed by atoms with Crippen molar-refractivity contribution in [1.29, 1.82) is 0 Å². The van der Waals surface area contributed by atoms with Gasteiger partial charge in [-0.25, -0.2) is 18.1 Å². The van der Waals surface area contributed by atoms with Crippen LogP contribution in [0.15, 0.2) is 47.4 Å². The van der Waals surface area contributed by atoms with Crippen molar-refractivity contribution in [2.45, 2.75) is 96.9 Å². The third-order valence-corrected chi connectivity index (χ3v) is 9.47. The Morgan fingerprint density at radius 1 is 1.02 bits per heavy atom. The SMILES string of the molecule is Cc1cccc(C)c1-c1nc2nc(c1C)OC[C@@H](CC(C)C)N([C@H]1C[C@@H](OC(C)C)C1)C(=O)c1cccc(c1)S(=O)(=O)N2. The molecule has 1 aliphatic heterocycles. The van der Waals surface area contributed by atoms with Gasteiger partial charge in [-0.2, -0.15) is 4.98 Å². The lowest BCUT2D eigenvalue weighted by molar-refractivity contribution is -0.0800. The van der Waals surface area contributed by atoms with Gasteiger partial charge in [0.1, 0.15) is 6.61 Å². The number of fused-ring (bicyclic) bond motifs is 4. The van der Waals surface area contributed by atoms with Crippen LogP contribution in [0.2, 0.25) is 0 Å². The average molecular weight is 607 g/mol. The Kier molecular flexibility index (Phi) is 8.81. The maximum absolute atomic E-state index is 14.2. The van der Waals surface area contributed by atoms with Gasteiger partial charge in [0, 0.05) is 22.7 Å². The number of amides is 1. The molecular weight excluding hydrogens is 564 g/mol. The van der Waals surface area contributed by atoms with Crippen LogP contribution in [0.4, 0.5) is 5.95 Å². The highest BCUT2D eigenvalue weighted by molar-refractivity contribution is 7.92. The van der Waals surface area contributed by atoms with E-state index in [4.69, 9.17) is 9.47 Å². The molecule has 1 N–H and O–H groups in total. The van der Waals surface area contributed by atoms with Gasteiger partial charge < -0.3 is 14.4 Å². The largest absolute Gasteiger partial charge is 0.475 e. The molecule has 2 aromatic carbocycles. The molecule has 1 saturated carbocycles. The summed E-state index contributed by atoms with van der Waals surface area (Å²) in [5, 5.41) is 0. The first-order valence-corrected chi connectivity index (χ1v) is 16.5. The highest BCUT2D eigenvalue weighted by atomic mass is 32.2. The number of carbonyl (C=O) groups excluding carboxylic acids is 1. The van der Waals surface area contributed by atoms with Gasteiger partial charge >= 0.3 is 0 Å². The highest BCUT2D eigenvalue weighted by Gasteiger charge is 2.41. The summed E-state index contributed by atoms with van der Waals surface area (Å²) < 4.78 is 42.3. The number of hydrogen-bond acceptors (Lipinski definition) is 7. The molecule has 0 saturated heterocycles.